The van der Waals surface area contributed by atoms with Crippen molar-refractivity contribution >= 4 is 11.9 Å². The van der Waals surface area contributed by atoms with Gasteiger partial charge >= 0.3 is 5.97 Å². The van der Waals surface area contributed by atoms with Gasteiger partial charge in [0.15, 0.2) is 5.70 Å². The van der Waals surface area contributed by atoms with Crippen molar-refractivity contribution in [2.24, 2.45) is 0 Å². The van der Waals surface area contributed by atoms with Crippen LogP contribution in [0.5, 0.6) is 0 Å². The van der Waals surface area contributed by atoms with Crippen LogP contribution in [0.25, 0.3) is 0 Å². The molecule has 0 rings (SSSR count). The Morgan fingerprint density at radius 2 is 2.09 bits per heavy atom. The minimum atomic E-state index is -0.789. The summed E-state index contributed by atoms with van der Waals surface area (Å²) in [6, 6.07) is 0. The lowest BCUT2D eigenvalue weighted by Gasteiger charge is -2.02. The highest BCUT2D eigenvalue weighted by atomic mass is 16.5. The van der Waals surface area contributed by atoms with Crippen LogP contribution in [0.2, 0.25) is 0 Å². The van der Waals surface area contributed by atoms with Gasteiger partial charge in [0.05, 0.1) is 7.11 Å². The highest BCUT2D eigenvalue weighted by molar-refractivity contribution is 5.92. The molecule has 0 aliphatic carbocycles. The maximum Gasteiger partial charge on any atom is 0.357 e. The van der Waals surface area contributed by atoms with Gasteiger partial charge in [-0.2, -0.15) is 0 Å². The zero-order valence-corrected chi connectivity index (χ0v) is 6.25. The molecular weight excluding hydrogens is 150 g/mol. The Morgan fingerprint density at radius 1 is 1.55 bits per heavy atom. The third-order valence-electron chi connectivity index (χ3n) is 0.845. The van der Waals surface area contributed by atoms with Crippen molar-refractivity contribution in [2.75, 3.05) is 7.11 Å². The molecule has 0 aliphatic rings. The summed E-state index contributed by atoms with van der Waals surface area (Å²) >= 11 is 0. The van der Waals surface area contributed by atoms with E-state index >= 15 is 0 Å². The number of carbonyl (C=O) groups is 2. The molecule has 0 aromatic rings. The second-order valence-electron chi connectivity index (χ2n) is 1.72. The molecule has 5 nitrogen and oxygen atoms in total. The average Bonchev–Trinajstić information content (AvgIpc) is 1.98. The Balaban J connectivity index is 4.20. The quantitative estimate of drug-likeness (QED) is 0.329. The third-order valence-corrected chi connectivity index (χ3v) is 0.845. The molecule has 0 fully saturated rings. The number of methoxy groups -OCH3 is 1. The van der Waals surface area contributed by atoms with Crippen LogP contribution >= 0.6 is 0 Å². The zero-order chi connectivity index (χ0) is 8.85. The molecular formula is C6H9NO4. The molecule has 0 radical (unpaired) electrons. The minimum Gasteiger partial charge on any atom is -0.513 e. The van der Waals surface area contributed by atoms with Crippen molar-refractivity contribution in [1.82, 2.24) is 5.32 Å². The highest BCUT2D eigenvalue weighted by Gasteiger charge is 2.09. The van der Waals surface area contributed by atoms with Crippen molar-refractivity contribution in [3.63, 3.8) is 0 Å². The number of hydrogen-bond acceptors (Lipinski definition) is 4. The number of aliphatic hydroxyl groups is 1. The Morgan fingerprint density at radius 3 is 2.36 bits per heavy atom. The molecule has 5 heteroatoms. The summed E-state index contributed by atoms with van der Waals surface area (Å²) in [4.78, 5) is 21.0. The second kappa shape index (κ2) is 4.32. The lowest BCUT2D eigenvalue weighted by atomic mass is 10.4. The monoisotopic (exact) mass is 159 g/mol. The van der Waals surface area contributed by atoms with Gasteiger partial charge in [-0.15, -0.1) is 0 Å². The number of hydrogen-bond donors (Lipinski definition) is 2. The molecule has 0 aliphatic heterocycles. The average molecular weight is 159 g/mol. The van der Waals surface area contributed by atoms with Crippen LogP contribution in [-0.2, 0) is 14.3 Å². The van der Waals surface area contributed by atoms with Crippen molar-refractivity contribution in [1.29, 1.82) is 0 Å². The molecule has 2 N–H and O–H groups in total. The first-order valence-electron chi connectivity index (χ1n) is 2.82. The molecule has 0 heterocycles. The summed E-state index contributed by atoms with van der Waals surface area (Å²) < 4.78 is 4.22. The number of carbonyl (C=O) groups excluding carboxylic acids is 2. The fourth-order valence-electron chi connectivity index (χ4n) is 0.436. The largest absolute Gasteiger partial charge is 0.513 e. The van der Waals surface area contributed by atoms with Crippen LogP contribution < -0.4 is 5.32 Å². The third kappa shape index (κ3) is 3.24. The van der Waals surface area contributed by atoms with Gasteiger partial charge < -0.3 is 15.2 Å². The number of rotatable bonds is 2. The van der Waals surface area contributed by atoms with Crippen molar-refractivity contribution in [3.05, 3.63) is 12.0 Å². The van der Waals surface area contributed by atoms with Crippen LogP contribution in [0, 0.1) is 0 Å². The van der Waals surface area contributed by atoms with Gasteiger partial charge in [-0.05, 0) is 0 Å². The molecule has 0 aromatic heterocycles. The van der Waals surface area contributed by atoms with Crippen LogP contribution in [0.3, 0.4) is 0 Å². The van der Waals surface area contributed by atoms with Crippen molar-refractivity contribution < 1.29 is 19.4 Å². The molecule has 0 saturated carbocycles. The Hall–Kier alpha value is -1.52. The van der Waals surface area contributed by atoms with E-state index in [1.54, 1.807) is 0 Å². The summed E-state index contributed by atoms with van der Waals surface area (Å²) in [6.07, 6.45) is 0.479. The van der Waals surface area contributed by atoms with Crippen LogP contribution in [0.15, 0.2) is 12.0 Å². The number of amides is 1. The second-order valence-corrected chi connectivity index (χ2v) is 1.72. The van der Waals surface area contributed by atoms with E-state index in [9.17, 15) is 9.59 Å². The van der Waals surface area contributed by atoms with Gasteiger partial charge in [-0.3, -0.25) is 4.79 Å². The lowest BCUT2D eigenvalue weighted by molar-refractivity contribution is -0.137. The normalized spacial score (nSPS) is 10.5. The molecule has 1 amide bonds. The molecule has 11 heavy (non-hydrogen) atoms. The van der Waals surface area contributed by atoms with E-state index in [-0.39, 0.29) is 5.70 Å². The van der Waals surface area contributed by atoms with Gasteiger partial charge in [0.25, 0.3) is 0 Å². The van der Waals surface area contributed by atoms with Crippen LogP contribution in [0.4, 0.5) is 0 Å². The minimum absolute atomic E-state index is 0.278. The predicted molar refractivity (Wildman–Crippen MR) is 36.5 cm³/mol. The summed E-state index contributed by atoms with van der Waals surface area (Å²) in [5.74, 6) is -1.24. The Labute approximate surface area is 63.7 Å². The Bertz CT molecular complexity index is 197. The topological polar surface area (TPSA) is 75.6 Å². The summed E-state index contributed by atoms with van der Waals surface area (Å²) in [6.45, 7) is 1.21. The van der Waals surface area contributed by atoms with E-state index in [4.69, 9.17) is 5.11 Å². The molecule has 0 aromatic carbocycles. The van der Waals surface area contributed by atoms with Crippen LogP contribution in [0.1, 0.15) is 6.92 Å². The molecule has 0 bridgehead atoms. The lowest BCUT2D eigenvalue weighted by Crippen LogP contribution is -2.25. The van der Waals surface area contributed by atoms with E-state index in [0.717, 1.165) is 7.11 Å². The smallest absolute Gasteiger partial charge is 0.357 e. The summed E-state index contributed by atoms with van der Waals surface area (Å²) in [5.41, 5.74) is -0.278. The van der Waals surface area contributed by atoms with Gasteiger partial charge in [0, 0.05) is 6.92 Å². The van der Waals surface area contributed by atoms with E-state index in [2.05, 4.69) is 10.1 Å². The van der Waals surface area contributed by atoms with Gasteiger partial charge in [-0.1, -0.05) is 0 Å². The van der Waals surface area contributed by atoms with Crippen LogP contribution in [-0.4, -0.2) is 24.1 Å². The molecule has 0 atom stereocenters. The summed E-state index contributed by atoms with van der Waals surface area (Å²) in [5, 5.41) is 10.5. The van der Waals surface area contributed by atoms with Gasteiger partial charge in [0.2, 0.25) is 5.91 Å². The number of ether oxygens (including phenoxy) is 1. The molecule has 0 spiro atoms. The first-order chi connectivity index (χ1) is 5.11. The number of nitrogens with one attached hydrogen (secondary N) is 1. The van der Waals surface area contributed by atoms with E-state index in [0.29, 0.717) is 6.26 Å². The maximum absolute atomic E-state index is 10.6. The maximum atomic E-state index is 10.6. The summed E-state index contributed by atoms with van der Waals surface area (Å²) in [7, 11) is 1.15. The highest BCUT2D eigenvalue weighted by Crippen LogP contribution is 1.89. The predicted octanol–water partition coefficient (Wildman–Crippen LogP) is -0.305. The molecule has 0 unspecified atom stereocenters. The van der Waals surface area contributed by atoms with E-state index in [1.165, 1.54) is 6.92 Å². The van der Waals surface area contributed by atoms with E-state index in [1.807, 2.05) is 0 Å². The van der Waals surface area contributed by atoms with Gasteiger partial charge in [-0.25, -0.2) is 4.79 Å². The first-order valence-corrected chi connectivity index (χ1v) is 2.82. The zero-order valence-electron chi connectivity index (χ0n) is 6.25. The molecule has 62 valence electrons. The van der Waals surface area contributed by atoms with E-state index < -0.39 is 11.9 Å². The first kappa shape index (κ1) is 9.48. The SMILES string of the molecule is COC(=O)C(=CO)NC(C)=O. The van der Waals surface area contributed by atoms with Gasteiger partial charge in [0.1, 0.15) is 6.26 Å². The fraction of sp³-hybridized carbons (Fsp3) is 0.333. The van der Waals surface area contributed by atoms with Crippen molar-refractivity contribution in [3.8, 4) is 0 Å². The molecule has 0 saturated heterocycles. The standard InChI is InChI=1S/C6H9NO4/c1-4(9)7-5(3-8)6(10)11-2/h3,8H,1-2H3,(H,7,9). The number of esters is 1. The Kier molecular flexibility index (Phi) is 3.72. The number of aliphatic hydroxyl groups excluding tert-OH is 1. The van der Waals surface area contributed by atoms with Crippen molar-refractivity contribution in [2.45, 2.75) is 6.92 Å². The fourth-order valence-corrected chi connectivity index (χ4v) is 0.436.